The largest absolute Gasteiger partial charge is 0.483 e. The predicted octanol–water partition coefficient (Wildman–Crippen LogP) is 1.42. The van der Waals surface area contributed by atoms with Gasteiger partial charge in [-0.2, -0.15) is 0 Å². The molecule has 4 heteroatoms. The zero-order valence-electron chi connectivity index (χ0n) is 10.3. The molecule has 2 aliphatic rings. The Kier molecular flexibility index (Phi) is 2.67. The molecule has 4 nitrogen and oxygen atoms in total. The molecule has 0 amide bonds. The highest BCUT2D eigenvalue weighted by Crippen LogP contribution is 2.24. The molecule has 92 valence electrons. The number of nitrogens with one attached hydrogen (secondary N) is 1. The summed E-state index contributed by atoms with van der Waals surface area (Å²) in [4.78, 5) is 6.81. The number of ether oxygens (including phenoxy) is 1. The van der Waals surface area contributed by atoms with Crippen LogP contribution in [0.15, 0.2) is 18.3 Å². The summed E-state index contributed by atoms with van der Waals surface area (Å²) < 4.78 is 5.91. The summed E-state index contributed by atoms with van der Waals surface area (Å²) in [6.45, 7) is 6.23. The maximum absolute atomic E-state index is 5.91. The lowest BCUT2D eigenvalue weighted by atomic mass is 10.0. The molecule has 2 fully saturated rings. The Morgan fingerprint density at radius 2 is 2.06 bits per heavy atom. The molecule has 2 aliphatic heterocycles. The number of nitrogens with zero attached hydrogens (tertiary/aromatic N) is 2. The summed E-state index contributed by atoms with van der Waals surface area (Å²) in [5, 5.41) is 3.22. The minimum Gasteiger partial charge on any atom is -0.483 e. The molecule has 3 heterocycles. The van der Waals surface area contributed by atoms with Gasteiger partial charge in [-0.05, 0) is 31.9 Å². The van der Waals surface area contributed by atoms with E-state index in [1.165, 1.54) is 12.8 Å². The highest BCUT2D eigenvalue weighted by Gasteiger charge is 2.33. The monoisotopic (exact) mass is 233 g/mol. The highest BCUT2D eigenvalue weighted by atomic mass is 16.5. The third-order valence-electron chi connectivity index (χ3n) is 3.51. The van der Waals surface area contributed by atoms with Crippen molar-refractivity contribution in [1.29, 1.82) is 0 Å². The molecule has 0 unspecified atom stereocenters. The van der Waals surface area contributed by atoms with Gasteiger partial charge in [0.1, 0.15) is 17.2 Å². The van der Waals surface area contributed by atoms with Crippen LogP contribution in [0.2, 0.25) is 0 Å². The van der Waals surface area contributed by atoms with Crippen LogP contribution in [-0.2, 0) is 0 Å². The zero-order chi connectivity index (χ0) is 11.7. The van der Waals surface area contributed by atoms with E-state index in [4.69, 9.17) is 4.74 Å². The Morgan fingerprint density at radius 1 is 1.29 bits per heavy atom. The van der Waals surface area contributed by atoms with Crippen molar-refractivity contribution in [3.63, 3.8) is 0 Å². The van der Waals surface area contributed by atoms with Gasteiger partial charge in [-0.25, -0.2) is 4.98 Å². The minimum absolute atomic E-state index is 0.0448. The molecule has 0 aliphatic carbocycles. The van der Waals surface area contributed by atoms with Crippen LogP contribution < -0.4 is 15.0 Å². The van der Waals surface area contributed by atoms with E-state index in [9.17, 15) is 0 Å². The molecule has 0 spiro atoms. The minimum atomic E-state index is -0.0448. The van der Waals surface area contributed by atoms with Crippen molar-refractivity contribution in [2.75, 3.05) is 31.1 Å². The van der Waals surface area contributed by atoms with Crippen LogP contribution in [0.1, 0.15) is 19.8 Å². The van der Waals surface area contributed by atoms with Gasteiger partial charge in [-0.1, -0.05) is 0 Å². The van der Waals surface area contributed by atoms with E-state index < -0.39 is 0 Å². The molecule has 2 saturated heterocycles. The lowest BCUT2D eigenvalue weighted by Crippen LogP contribution is -2.61. The molecule has 1 aromatic rings. The molecule has 0 atom stereocenters. The summed E-state index contributed by atoms with van der Waals surface area (Å²) >= 11 is 0. The van der Waals surface area contributed by atoms with Crippen LogP contribution in [0.25, 0.3) is 0 Å². The van der Waals surface area contributed by atoms with Crippen molar-refractivity contribution in [2.24, 2.45) is 0 Å². The first-order valence-electron chi connectivity index (χ1n) is 6.36. The SMILES string of the molecule is CC1(Oc2ccc(N3CCCC3)nc2)CNC1. The maximum atomic E-state index is 5.91. The van der Waals surface area contributed by atoms with Crippen molar-refractivity contribution in [2.45, 2.75) is 25.4 Å². The van der Waals surface area contributed by atoms with E-state index in [-0.39, 0.29) is 5.60 Å². The van der Waals surface area contributed by atoms with E-state index in [2.05, 4.69) is 28.2 Å². The molecule has 1 aromatic heterocycles. The number of anilines is 1. The number of hydrogen-bond acceptors (Lipinski definition) is 4. The Labute approximate surface area is 102 Å². The summed E-state index contributed by atoms with van der Waals surface area (Å²) in [6.07, 6.45) is 4.41. The van der Waals surface area contributed by atoms with Gasteiger partial charge in [0.2, 0.25) is 0 Å². The molecule has 17 heavy (non-hydrogen) atoms. The summed E-state index contributed by atoms with van der Waals surface area (Å²) in [7, 11) is 0. The second kappa shape index (κ2) is 4.18. The van der Waals surface area contributed by atoms with E-state index in [1.807, 2.05) is 12.3 Å². The Hall–Kier alpha value is -1.29. The molecular weight excluding hydrogens is 214 g/mol. The molecule has 1 N–H and O–H groups in total. The highest BCUT2D eigenvalue weighted by molar-refractivity contribution is 5.41. The zero-order valence-corrected chi connectivity index (χ0v) is 10.3. The third kappa shape index (κ3) is 2.22. The fourth-order valence-electron chi connectivity index (χ4n) is 2.40. The summed E-state index contributed by atoms with van der Waals surface area (Å²) in [5.74, 6) is 1.95. The van der Waals surface area contributed by atoms with Crippen LogP contribution in [0.5, 0.6) is 5.75 Å². The summed E-state index contributed by atoms with van der Waals surface area (Å²) in [5.41, 5.74) is -0.0448. The van der Waals surface area contributed by atoms with E-state index in [0.717, 1.165) is 37.7 Å². The van der Waals surface area contributed by atoms with Crippen molar-refractivity contribution in [3.05, 3.63) is 18.3 Å². The Bertz CT molecular complexity index is 380. The van der Waals surface area contributed by atoms with Crippen molar-refractivity contribution in [1.82, 2.24) is 10.3 Å². The van der Waals surface area contributed by atoms with Crippen molar-refractivity contribution >= 4 is 5.82 Å². The van der Waals surface area contributed by atoms with Gasteiger partial charge in [0.05, 0.1) is 6.20 Å². The van der Waals surface area contributed by atoms with Crippen LogP contribution in [0.3, 0.4) is 0 Å². The summed E-state index contributed by atoms with van der Waals surface area (Å²) in [6, 6.07) is 4.10. The van der Waals surface area contributed by atoms with Crippen molar-refractivity contribution in [3.8, 4) is 5.75 Å². The van der Waals surface area contributed by atoms with Gasteiger partial charge in [0, 0.05) is 26.2 Å². The number of aromatic nitrogens is 1. The second-order valence-electron chi connectivity index (χ2n) is 5.20. The van der Waals surface area contributed by atoms with Crippen LogP contribution in [-0.4, -0.2) is 36.8 Å². The van der Waals surface area contributed by atoms with Gasteiger partial charge in [-0.15, -0.1) is 0 Å². The molecule has 0 radical (unpaired) electrons. The van der Waals surface area contributed by atoms with Gasteiger partial charge < -0.3 is 15.0 Å². The smallest absolute Gasteiger partial charge is 0.138 e. The van der Waals surface area contributed by atoms with Gasteiger partial charge in [0.15, 0.2) is 0 Å². The molecule has 3 rings (SSSR count). The van der Waals surface area contributed by atoms with E-state index >= 15 is 0 Å². The Morgan fingerprint density at radius 3 is 2.59 bits per heavy atom. The first kappa shape index (κ1) is 10.8. The molecule has 0 aromatic carbocycles. The second-order valence-corrected chi connectivity index (χ2v) is 5.20. The normalized spacial score (nSPS) is 22.3. The number of pyridine rings is 1. The molecule has 0 saturated carbocycles. The first-order chi connectivity index (χ1) is 8.25. The van der Waals surface area contributed by atoms with Crippen LogP contribution >= 0.6 is 0 Å². The van der Waals surface area contributed by atoms with Gasteiger partial charge in [-0.3, -0.25) is 0 Å². The quantitative estimate of drug-likeness (QED) is 0.857. The third-order valence-corrected chi connectivity index (χ3v) is 3.51. The fraction of sp³-hybridized carbons (Fsp3) is 0.615. The number of rotatable bonds is 3. The molecule has 0 bridgehead atoms. The van der Waals surface area contributed by atoms with Crippen LogP contribution in [0.4, 0.5) is 5.82 Å². The van der Waals surface area contributed by atoms with Crippen LogP contribution in [0, 0.1) is 0 Å². The topological polar surface area (TPSA) is 37.4 Å². The molecular formula is C13H19N3O. The Balaban J connectivity index is 1.67. The average Bonchev–Trinajstić information content (AvgIpc) is 2.81. The standard InChI is InChI=1S/C13H19N3O/c1-13(9-14-10-13)17-11-4-5-12(15-8-11)16-6-2-3-7-16/h4-5,8,14H,2-3,6-7,9-10H2,1H3. The lowest BCUT2D eigenvalue weighted by Gasteiger charge is -2.39. The van der Waals surface area contributed by atoms with E-state index in [0.29, 0.717) is 0 Å². The number of hydrogen-bond donors (Lipinski definition) is 1. The fourth-order valence-corrected chi connectivity index (χ4v) is 2.40. The van der Waals surface area contributed by atoms with Crippen molar-refractivity contribution < 1.29 is 4.74 Å². The van der Waals surface area contributed by atoms with Gasteiger partial charge in [0.25, 0.3) is 0 Å². The lowest BCUT2D eigenvalue weighted by molar-refractivity contribution is 0.0345. The first-order valence-corrected chi connectivity index (χ1v) is 6.36. The van der Waals surface area contributed by atoms with Gasteiger partial charge >= 0.3 is 0 Å². The maximum Gasteiger partial charge on any atom is 0.138 e. The average molecular weight is 233 g/mol. The van der Waals surface area contributed by atoms with E-state index in [1.54, 1.807) is 0 Å². The predicted molar refractivity (Wildman–Crippen MR) is 67.6 cm³/mol.